The van der Waals surface area contributed by atoms with Crippen LogP contribution < -0.4 is 0 Å². The average Bonchev–Trinajstić information content (AvgIpc) is 2.78. The number of amides is 1. The molecule has 1 rings (SSSR count). The summed E-state index contributed by atoms with van der Waals surface area (Å²) in [5, 5.41) is 0. The molecule has 0 aromatic carbocycles. The Labute approximate surface area is 111 Å². The van der Waals surface area contributed by atoms with Crippen LogP contribution in [0.5, 0.6) is 0 Å². The monoisotopic (exact) mass is 259 g/mol. The molecule has 0 radical (unpaired) electrons. The fourth-order valence-electron chi connectivity index (χ4n) is 2.90. The number of nitrogens with zero attached hydrogens (tertiary/aromatic N) is 1. The first kappa shape index (κ1) is 14.8. The van der Waals surface area contributed by atoms with E-state index in [4.69, 9.17) is 11.6 Å². The van der Waals surface area contributed by atoms with Crippen molar-refractivity contribution in [2.45, 2.75) is 65.3 Å². The lowest BCUT2D eigenvalue weighted by atomic mass is 9.81. The van der Waals surface area contributed by atoms with Crippen LogP contribution in [0, 0.1) is 5.41 Å². The van der Waals surface area contributed by atoms with Crippen LogP contribution in [0.1, 0.15) is 59.3 Å². The molecule has 3 heteroatoms. The van der Waals surface area contributed by atoms with Crippen LogP contribution in [0.15, 0.2) is 0 Å². The molecule has 0 aliphatic heterocycles. The summed E-state index contributed by atoms with van der Waals surface area (Å²) in [6.45, 7) is 7.17. The van der Waals surface area contributed by atoms with E-state index in [1.54, 1.807) is 0 Å². The van der Waals surface area contributed by atoms with E-state index < -0.39 is 0 Å². The van der Waals surface area contributed by atoms with Crippen LogP contribution in [0.25, 0.3) is 0 Å². The van der Waals surface area contributed by atoms with Gasteiger partial charge in [0.2, 0.25) is 5.91 Å². The minimum absolute atomic E-state index is 0.0589. The van der Waals surface area contributed by atoms with Crippen molar-refractivity contribution in [1.82, 2.24) is 4.90 Å². The first-order chi connectivity index (χ1) is 8.07. The molecule has 0 aromatic heterocycles. The molecular weight excluding hydrogens is 234 g/mol. The maximum absolute atomic E-state index is 12.7. The number of hydrogen-bond acceptors (Lipinski definition) is 1. The van der Waals surface area contributed by atoms with Crippen LogP contribution in [0.4, 0.5) is 0 Å². The van der Waals surface area contributed by atoms with Crippen LogP contribution >= 0.6 is 11.6 Å². The zero-order chi connectivity index (χ0) is 12.9. The molecule has 100 valence electrons. The molecule has 0 N–H and O–H groups in total. The Kier molecular flexibility index (Phi) is 5.78. The number of carbonyl (C=O) groups is 1. The molecular formula is C14H26ClNO. The van der Waals surface area contributed by atoms with E-state index in [-0.39, 0.29) is 11.5 Å². The van der Waals surface area contributed by atoms with Crippen molar-refractivity contribution in [3.8, 4) is 0 Å². The molecule has 1 fully saturated rings. The number of halogens is 1. The second-order valence-electron chi connectivity index (χ2n) is 5.48. The van der Waals surface area contributed by atoms with E-state index in [0.717, 1.165) is 32.2 Å². The molecule has 0 spiro atoms. The molecule has 17 heavy (non-hydrogen) atoms. The third-order valence-electron chi connectivity index (χ3n) is 4.11. The van der Waals surface area contributed by atoms with Gasteiger partial charge in [-0.3, -0.25) is 4.79 Å². The predicted octanol–water partition coefficient (Wildman–Crippen LogP) is 3.82. The Morgan fingerprint density at radius 2 is 1.94 bits per heavy atom. The summed E-state index contributed by atoms with van der Waals surface area (Å²) in [5.74, 6) is 1.01. The molecule has 1 amide bonds. The van der Waals surface area contributed by atoms with Crippen molar-refractivity contribution in [3.63, 3.8) is 0 Å². The van der Waals surface area contributed by atoms with Gasteiger partial charge in [0.1, 0.15) is 0 Å². The van der Waals surface area contributed by atoms with Gasteiger partial charge < -0.3 is 4.90 Å². The molecule has 1 aliphatic rings. The summed E-state index contributed by atoms with van der Waals surface area (Å²) in [5.41, 5.74) is -0.0589. The highest BCUT2D eigenvalue weighted by atomic mass is 35.5. The summed E-state index contributed by atoms with van der Waals surface area (Å²) in [4.78, 5) is 14.8. The van der Waals surface area contributed by atoms with Gasteiger partial charge in [-0.2, -0.15) is 0 Å². The Morgan fingerprint density at radius 1 is 1.35 bits per heavy atom. The maximum atomic E-state index is 12.7. The van der Waals surface area contributed by atoms with Crippen molar-refractivity contribution in [1.29, 1.82) is 0 Å². The van der Waals surface area contributed by atoms with Crippen LogP contribution in [-0.4, -0.2) is 29.3 Å². The van der Waals surface area contributed by atoms with E-state index in [1.165, 1.54) is 12.8 Å². The second-order valence-corrected chi connectivity index (χ2v) is 5.85. The van der Waals surface area contributed by atoms with E-state index in [0.29, 0.717) is 11.8 Å². The molecule has 1 aliphatic carbocycles. The Bertz CT molecular complexity index is 247. The first-order valence-corrected chi connectivity index (χ1v) is 7.48. The average molecular weight is 260 g/mol. The molecule has 0 heterocycles. The highest BCUT2D eigenvalue weighted by Gasteiger charge is 2.42. The van der Waals surface area contributed by atoms with Gasteiger partial charge in [-0.05, 0) is 39.5 Å². The fraction of sp³-hybridized carbons (Fsp3) is 0.929. The van der Waals surface area contributed by atoms with Crippen molar-refractivity contribution in [3.05, 3.63) is 0 Å². The Balaban J connectivity index is 2.75. The van der Waals surface area contributed by atoms with Gasteiger partial charge in [0.05, 0.1) is 0 Å². The summed E-state index contributed by atoms with van der Waals surface area (Å²) < 4.78 is 0. The maximum Gasteiger partial charge on any atom is 0.229 e. The number of hydrogen-bond donors (Lipinski definition) is 0. The van der Waals surface area contributed by atoms with Gasteiger partial charge in [0, 0.05) is 23.9 Å². The van der Waals surface area contributed by atoms with Gasteiger partial charge in [0.15, 0.2) is 0 Å². The summed E-state index contributed by atoms with van der Waals surface area (Å²) in [6, 6.07) is 0.287. The lowest BCUT2D eigenvalue weighted by Gasteiger charge is -2.36. The van der Waals surface area contributed by atoms with Crippen molar-refractivity contribution in [2.24, 2.45) is 5.41 Å². The smallest absolute Gasteiger partial charge is 0.229 e. The van der Waals surface area contributed by atoms with Gasteiger partial charge in [0.25, 0.3) is 0 Å². The van der Waals surface area contributed by atoms with Crippen molar-refractivity contribution < 1.29 is 4.79 Å². The van der Waals surface area contributed by atoms with Gasteiger partial charge in [-0.15, -0.1) is 11.6 Å². The minimum atomic E-state index is -0.0589. The molecule has 2 nitrogen and oxygen atoms in total. The molecule has 0 unspecified atom stereocenters. The highest BCUT2D eigenvalue weighted by molar-refractivity contribution is 6.17. The number of rotatable bonds is 6. The minimum Gasteiger partial charge on any atom is -0.340 e. The van der Waals surface area contributed by atoms with E-state index in [1.807, 2.05) is 4.90 Å². The lowest BCUT2D eigenvalue weighted by Crippen LogP contribution is -2.46. The SMILES string of the molecule is CCC1(C(=O)N(CCCCl)C(C)C)CCCC1. The zero-order valence-electron chi connectivity index (χ0n) is 11.5. The van der Waals surface area contributed by atoms with Crippen molar-refractivity contribution >= 4 is 17.5 Å². The molecule has 0 aromatic rings. The normalized spacial score (nSPS) is 18.6. The second kappa shape index (κ2) is 6.63. The van der Waals surface area contributed by atoms with Gasteiger partial charge >= 0.3 is 0 Å². The number of carbonyl (C=O) groups excluding carboxylic acids is 1. The summed E-state index contributed by atoms with van der Waals surface area (Å²) in [7, 11) is 0. The van der Waals surface area contributed by atoms with Crippen molar-refractivity contribution in [2.75, 3.05) is 12.4 Å². The quantitative estimate of drug-likeness (QED) is 0.664. The topological polar surface area (TPSA) is 20.3 Å². The van der Waals surface area contributed by atoms with Gasteiger partial charge in [-0.25, -0.2) is 0 Å². The highest BCUT2D eigenvalue weighted by Crippen LogP contribution is 2.42. The third-order valence-corrected chi connectivity index (χ3v) is 4.38. The largest absolute Gasteiger partial charge is 0.340 e. The molecule has 0 saturated heterocycles. The predicted molar refractivity (Wildman–Crippen MR) is 73.4 cm³/mol. The number of alkyl halides is 1. The van der Waals surface area contributed by atoms with E-state index >= 15 is 0 Å². The van der Waals surface area contributed by atoms with E-state index in [2.05, 4.69) is 20.8 Å². The fourth-order valence-corrected chi connectivity index (χ4v) is 3.02. The third kappa shape index (κ3) is 3.37. The Hall–Kier alpha value is -0.240. The van der Waals surface area contributed by atoms with Crippen LogP contribution in [0.2, 0.25) is 0 Å². The van der Waals surface area contributed by atoms with Gasteiger partial charge in [-0.1, -0.05) is 19.8 Å². The lowest BCUT2D eigenvalue weighted by molar-refractivity contribution is -0.144. The van der Waals surface area contributed by atoms with E-state index in [9.17, 15) is 4.79 Å². The summed E-state index contributed by atoms with van der Waals surface area (Å²) >= 11 is 5.75. The Morgan fingerprint density at radius 3 is 2.35 bits per heavy atom. The molecule has 0 bridgehead atoms. The first-order valence-electron chi connectivity index (χ1n) is 6.94. The standard InChI is InChI=1S/C14H26ClNO/c1-4-14(8-5-6-9-14)13(17)16(12(2)3)11-7-10-15/h12H,4-11H2,1-3H3. The molecule has 1 saturated carbocycles. The van der Waals surface area contributed by atoms with Crippen LogP contribution in [0.3, 0.4) is 0 Å². The summed E-state index contributed by atoms with van der Waals surface area (Å²) in [6.07, 6.45) is 6.45. The van der Waals surface area contributed by atoms with Crippen LogP contribution in [-0.2, 0) is 4.79 Å². The molecule has 0 atom stereocenters. The zero-order valence-corrected chi connectivity index (χ0v) is 12.2.